The molecule has 0 saturated heterocycles. The van der Waals surface area contributed by atoms with Gasteiger partial charge in [-0.25, -0.2) is 0 Å². The van der Waals surface area contributed by atoms with Gasteiger partial charge in [-0.2, -0.15) is 21.6 Å². The Balaban J connectivity index is 3.33. The first-order valence-electron chi connectivity index (χ1n) is 11.7. The largest absolute Gasteiger partial charge is 0.534 e. The number of hydrogen-bond donors (Lipinski definition) is 1. The third-order valence-electron chi connectivity index (χ3n) is 6.37. The summed E-state index contributed by atoms with van der Waals surface area (Å²) in [7, 11) is -5.73. The molecule has 0 spiro atoms. The maximum absolute atomic E-state index is 12.7. The zero-order valence-electron chi connectivity index (χ0n) is 21.9. The van der Waals surface area contributed by atoms with Gasteiger partial charge in [-0.15, -0.1) is 11.8 Å². The zero-order chi connectivity index (χ0) is 27.2. The minimum atomic E-state index is -5.73. The molecule has 0 radical (unpaired) electrons. The van der Waals surface area contributed by atoms with E-state index in [0.717, 1.165) is 35.3 Å². The molecule has 0 aliphatic rings. The van der Waals surface area contributed by atoms with Gasteiger partial charge in [0.1, 0.15) is 5.75 Å². The van der Waals surface area contributed by atoms with E-state index in [1.165, 1.54) is 13.0 Å². The summed E-state index contributed by atoms with van der Waals surface area (Å²) in [6, 6.07) is 4.64. The van der Waals surface area contributed by atoms with Crippen LogP contribution in [-0.4, -0.2) is 31.4 Å². The summed E-state index contributed by atoms with van der Waals surface area (Å²) in [5, 5.41) is 10.3. The van der Waals surface area contributed by atoms with E-state index in [1.807, 2.05) is 34.0 Å². The molecular formula is C26H39F3O4S2. The standard InChI is InChI=1S/C26H39F3O4S2/c1-9-25(10-2,23(34-8)16-18(3)12-11-13-22(30)24(5,6)7)20-14-15-21(19(4)17-20)33-35(31,32)26(27,28)29/h12,14-17,22,30H,9-11,13H2,1-8H3/b18-12+,23-16-. The molecule has 0 aromatic heterocycles. The van der Waals surface area contributed by atoms with Crippen molar-refractivity contribution < 1.29 is 30.9 Å². The van der Waals surface area contributed by atoms with E-state index in [9.17, 15) is 26.7 Å². The fraction of sp³-hybridized carbons (Fsp3) is 0.615. The molecule has 35 heavy (non-hydrogen) atoms. The first kappa shape index (κ1) is 31.6. The number of benzene rings is 1. The first-order valence-corrected chi connectivity index (χ1v) is 14.3. The van der Waals surface area contributed by atoms with Crippen LogP contribution in [0.1, 0.15) is 78.4 Å². The average Bonchev–Trinajstić information content (AvgIpc) is 2.74. The van der Waals surface area contributed by atoms with E-state index in [4.69, 9.17) is 0 Å². The van der Waals surface area contributed by atoms with Crippen LogP contribution in [0, 0.1) is 12.3 Å². The number of hydrogen-bond acceptors (Lipinski definition) is 5. The van der Waals surface area contributed by atoms with Crippen molar-refractivity contribution in [2.24, 2.45) is 5.41 Å². The molecule has 0 fully saturated rings. The van der Waals surface area contributed by atoms with Crippen molar-refractivity contribution in [3.63, 3.8) is 0 Å². The van der Waals surface area contributed by atoms with E-state index >= 15 is 0 Å². The molecule has 4 nitrogen and oxygen atoms in total. The lowest BCUT2D eigenvalue weighted by Gasteiger charge is -2.35. The number of halogens is 3. The number of rotatable bonds is 11. The van der Waals surface area contributed by atoms with Crippen LogP contribution in [0.2, 0.25) is 0 Å². The summed E-state index contributed by atoms with van der Waals surface area (Å²) in [4.78, 5) is 1.10. The van der Waals surface area contributed by atoms with Gasteiger partial charge in [-0.3, -0.25) is 0 Å². The number of aliphatic hydroxyl groups excluding tert-OH is 1. The summed E-state index contributed by atoms with van der Waals surface area (Å²) >= 11 is 1.61. The van der Waals surface area contributed by atoms with E-state index in [-0.39, 0.29) is 11.2 Å². The van der Waals surface area contributed by atoms with Gasteiger partial charge in [-0.1, -0.05) is 58.4 Å². The second kappa shape index (κ2) is 12.2. The van der Waals surface area contributed by atoms with Crippen LogP contribution in [0.25, 0.3) is 0 Å². The molecule has 1 atom stereocenters. The van der Waals surface area contributed by atoms with Crippen LogP contribution < -0.4 is 4.18 Å². The highest BCUT2D eigenvalue weighted by atomic mass is 32.2. The van der Waals surface area contributed by atoms with Crippen LogP contribution in [-0.2, 0) is 15.5 Å². The van der Waals surface area contributed by atoms with E-state index in [1.54, 1.807) is 23.9 Å². The topological polar surface area (TPSA) is 63.6 Å². The Bertz CT molecular complexity index is 1020. The van der Waals surface area contributed by atoms with Gasteiger partial charge in [0.2, 0.25) is 0 Å². The maximum Gasteiger partial charge on any atom is 0.534 e. The minimum Gasteiger partial charge on any atom is -0.393 e. The van der Waals surface area contributed by atoms with Gasteiger partial charge in [0.05, 0.1) is 6.10 Å². The second-order valence-corrected chi connectivity index (χ2v) is 12.3. The molecule has 1 rings (SSSR count). The molecule has 1 N–H and O–H groups in total. The number of aryl methyl sites for hydroxylation is 1. The van der Waals surface area contributed by atoms with Crippen LogP contribution >= 0.6 is 11.8 Å². The molecule has 0 saturated carbocycles. The molecule has 0 heterocycles. The molecule has 1 aromatic carbocycles. The monoisotopic (exact) mass is 536 g/mol. The highest BCUT2D eigenvalue weighted by molar-refractivity contribution is 8.02. The second-order valence-electron chi connectivity index (χ2n) is 9.87. The third-order valence-corrected chi connectivity index (χ3v) is 8.29. The van der Waals surface area contributed by atoms with Gasteiger partial charge in [0.15, 0.2) is 0 Å². The number of alkyl halides is 3. The Morgan fingerprint density at radius 2 is 1.74 bits per heavy atom. The molecule has 9 heteroatoms. The summed E-state index contributed by atoms with van der Waals surface area (Å²) in [6.07, 6.45) is 8.71. The van der Waals surface area contributed by atoms with Gasteiger partial charge in [0, 0.05) is 5.41 Å². The van der Waals surface area contributed by atoms with Crippen LogP contribution in [0.5, 0.6) is 5.75 Å². The minimum absolute atomic E-state index is 0.172. The van der Waals surface area contributed by atoms with Crippen LogP contribution in [0.15, 0.2) is 40.8 Å². The van der Waals surface area contributed by atoms with Crippen molar-refractivity contribution in [1.82, 2.24) is 0 Å². The smallest absolute Gasteiger partial charge is 0.393 e. The maximum atomic E-state index is 12.7. The van der Waals surface area contributed by atoms with Gasteiger partial charge < -0.3 is 9.29 Å². The molecule has 0 bridgehead atoms. The average molecular weight is 537 g/mol. The Morgan fingerprint density at radius 1 is 1.17 bits per heavy atom. The van der Waals surface area contributed by atoms with E-state index < -0.39 is 27.1 Å². The summed E-state index contributed by atoms with van der Waals surface area (Å²) in [6.45, 7) is 13.7. The molecule has 0 amide bonds. The number of aliphatic hydroxyl groups is 1. The lowest BCUT2D eigenvalue weighted by Crippen LogP contribution is -2.29. The lowest BCUT2D eigenvalue weighted by atomic mass is 9.74. The normalized spacial score (nSPS) is 15.3. The van der Waals surface area contributed by atoms with Crippen molar-refractivity contribution >= 4 is 21.9 Å². The van der Waals surface area contributed by atoms with Crippen LogP contribution in [0.3, 0.4) is 0 Å². The summed E-state index contributed by atoms with van der Waals surface area (Å²) < 4.78 is 65.5. The SMILES string of the molecule is CCC(CC)(/C(=C/C(C)=C/CCC(O)C(C)(C)C)SC)c1ccc(OS(=O)(=O)C(F)(F)F)c(C)c1. The van der Waals surface area contributed by atoms with Crippen molar-refractivity contribution in [3.05, 3.63) is 52.0 Å². The number of allylic oxidation sites excluding steroid dienone is 4. The van der Waals surface area contributed by atoms with Crippen molar-refractivity contribution in [2.75, 3.05) is 6.26 Å². The highest BCUT2D eigenvalue weighted by Crippen LogP contribution is 2.45. The molecule has 1 unspecified atom stereocenters. The van der Waals surface area contributed by atoms with Crippen molar-refractivity contribution in [1.29, 1.82) is 0 Å². The van der Waals surface area contributed by atoms with Crippen LogP contribution in [0.4, 0.5) is 13.2 Å². The Kier molecular flexibility index (Phi) is 11.0. The van der Waals surface area contributed by atoms with Gasteiger partial charge in [-0.05, 0) is 79.4 Å². The predicted octanol–water partition coefficient (Wildman–Crippen LogP) is 7.66. The summed E-state index contributed by atoms with van der Waals surface area (Å²) in [5.74, 6) is -0.338. The number of thioether (sulfide) groups is 1. The zero-order valence-corrected chi connectivity index (χ0v) is 23.5. The fourth-order valence-electron chi connectivity index (χ4n) is 3.92. The molecule has 1 aromatic rings. The van der Waals surface area contributed by atoms with Crippen molar-refractivity contribution in [2.45, 2.75) is 91.2 Å². The Morgan fingerprint density at radius 3 is 2.17 bits per heavy atom. The Hall–Kier alpha value is -1.45. The molecule has 0 aliphatic heterocycles. The lowest BCUT2D eigenvalue weighted by molar-refractivity contribution is -0.0500. The van der Waals surface area contributed by atoms with E-state index in [2.05, 4.69) is 30.2 Å². The van der Waals surface area contributed by atoms with E-state index in [0.29, 0.717) is 12.0 Å². The molecule has 0 aliphatic carbocycles. The first-order chi connectivity index (χ1) is 15.9. The fourth-order valence-corrected chi connectivity index (χ4v) is 5.53. The van der Waals surface area contributed by atoms with Crippen molar-refractivity contribution in [3.8, 4) is 5.75 Å². The molecular weight excluding hydrogens is 497 g/mol. The van der Waals surface area contributed by atoms with Gasteiger partial charge in [0.25, 0.3) is 0 Å². The quantitative estimate of drug-likeness (QED) is 0.179. The predicted molar refractivity (Wildman–Crippen MR) is 139 cm³/mol. The highest BCUT2D eigenvalue weighted by Gasteiger charge is 2.48. The third kappa shape index (κ3) is 8.02. The molecule has 200 valence electrons. The summed E-state index contributed by atoms with van der Waals surface area (Å²) in [5.41, 5.74) is -3.80. The van der Waals surface area contributed by atoms with Gasteiger partial charge >= 0.3 is 15.6 Å². The Labute approximate surface area is 213 Å².